The Morgan fingerprint density at radius 1 is 1.00 bits per heavy atom. The molecule has 0 N–H and O–H groups in total. The average molecular weight is 265 g/mol. The predicted octanol–water partition coefficient (Wildman–Crippen LogP) is 4.64. The van der Waals surface area contributed by atoms with Gasteiger partial charge in [0.15, 0.2) is 0 Å². The first-order chi connectivity index (χ1) is 9.83. The van der Waals surface area contributed by atoms with E-state index in [0.29, 0.717) is 0 Å². The Hall–Kier alpha value is -2.09. The van der Waals surface area contributed by atoms with Crippen LogP contribution in [0.25, 0.3) is 0 Å². The minimum Gasteiger partial charge on any atom is -0.280 e. The van der Waals surface area contributed by atoms with Crippen molar-refractivity contribution in [3.63, 3.8) is 0 Å². The highest BCUT2D eigenvalue weighted by Crippen LogP contribution is 2.43. The van der Waals surface area contributed by atoms with E-state index in [1.165, 1.54) is 5.56 Å². The van der Waals surface area contributed by atoms with Gasteiger partial charge < -0.3 is 0 Å². The third kappa shape index (κ3) is 2.11. The number of amides is 1. The molecule has 0 fully saturated rings. The second-order valence-corrected chi connectivity index (χ2v) is 5.26. The fourth-order valence-electron chi connectivity index (χ4n) is 2.92. The van der Waals surface area contributed by atoms with Crippen molar-refractivity contribution in [2.24, 2.45) is 0 Å². The van der Waals surface area contributed by atoms with E-state index in [0.717, 1.165) is 30.6 Å². The molecular formula is C18H19NO. The van der Waals surface area contributed by atoms with Crippen LogP contribution in [0.3, 0.4) is 0 Å². The molecule has 0 radical (unpaired) electrons. The molecule has 1 aliphatic heterocycles. The van der Waals surface area contributed by atoms with Gasteiger partial charge in [0.05, 0.1) is 11.6 Å². The number of para-hydroxylation sites is 2. The molecule has 2 aromatic rings. The highest BCUT2D eigenvalue weighted by molar-refractivity contribution is 6.10. The summed E-state index contributed by atoms with van der Waals surface area (Å²) in [5.41, 5.74) is 3.18. The van der Waals surface area contributed by atoms with E-state index in [2.05, 4.69) is 13.0 Å². The highest BCUT2D eigenvalue weighted by atomic mass is 16.2. The summed E-state index contributed by atoms with van der Waals surface area (Å²) in [6, 6.07) is 18.1. The number of hydrogen-bond acceptors (Lipinski definition) is 1. The molecule has 20 heavy (non-hydrogen) atoms. The molecular weight excluding hydrogens is 246 g/mol. The Morgan fingerprint density at radius 2 is 1.70 bits per heavy atom. The van der Waals surface area contributed by atoms with Crippen molar-refractivity contribution in [3.8, 4) is 0 Å². The molecule has 0 saturated heterocycles. The lowest BCUT2D eigenvalue weighted by atomic mass is 9.95. The van der Waals surface area contributed by atoms with Gasteiger partial charge in [-0.15, -0.1) is 0 Å². The normalized spacial score (nSPS) is 17.4. The molecule has 1 aliphatic rings. The van der Waals surface area contributed by atoms with Gasteiger partial charge in [-0.3, -0.25) is 9.69 Å². The van der Waals surface area contributed by atoms with Crippen LogP contribution in [-0.4, -0.2) is 5.91 Å². The summed E-state index contributed by atoms with van der Waals surface area (Å²) in [6.07, 6.45) is 3.15. The van der Waals surface area contributed by atoms with Crippen molar-refractivity contribution in [3.05, 3.63) is 60.2 Å². The van der Waals surface area contributed by atoms with Crippen molar-refractivity contribution < 1.29 is 4.79 Å². The van der Waals surface area contributed by atoms with Gasteiger partial charge in [-0.1, -0.05) is 56.2 Å². The lowest BCUT2D eigenvalue weighted by molar-refractivity contribution is -0.118. The van der Waals surface area contributed by atoms with Crippen molar-refractivity contribution in [2.45, 2.75) is 32.1 Å². The maximum atomic E-state index is 12.8. The zero-order valence-corrected chi connectivity index (χ0v) is 11.8. The van der Waals surface area contributed by atoms with Crippen LogP contribution in [0.5, 0.6) is 0 Å². The number of carbonyl (C=O) groups is 1. The fraction of sp³-hybridized carbons (Fsp3) is 0.278. The van der Waals surface area contributed by atoms with Gasteiger partial charge in [-0.05, 0) is 30.2 Å². The first-order valence-electron chi connectivity index (χ1n) is 7.31. The van der Waals surface area contributed by atoms with E-state index in [4.69, 9.17) is 0 Å². The predicted molar refractivity (Wildman–Crippen MR) is 82.3 cm³/mol. The molecule has 0 bridgehead atoms. The first kappa shape index (κ1) is 12.9. The molecule has 0 aromatic heterocycles. The smallest absolute Gasteiger partial charge is 0.239 e. The number of fused-ring (bicyclic) bond motifs is 1. The zero-order valence-electron chi connectivity index (χ0n) is 11.8. The number of nitrogens with zero attached hydrogens (tertiary/aromatic N) is 1. The topological polar surface area (TPSA) is 20.3 Å². The van der Waals surface area contributed by atoms with E-state index in [-0.39, 0.29) is 11.8 Å². The SMILES string of the molecule is CCCC[C@H]1C(=O)N(c2ccccc2)c2ccccc21. The van der Waals surface area contributed by atoms with Crippen molar-refractivity contribution >= 4 is 17.3 Å². The molecule has 102 valence electrons. The minimum absolute atomic E-state index is 0.0198. The van der Waals surface area contributed by atoms with Gasteiger partial charge in [0, 0.05) is 5.69 Å². The molecule has 1 heterocycles. The summed E-state index contributed by atoms with van der Waals surface area (Å²) in [4.78, 5) is 14.7. The van der Waals surface area contributed by atoms with Crippen molar-refractivity contribution in [2.75, 3.05) is 4.90 Å². The second kappa shape index (κ2) is 5.49. The molecule has 2 heteroatoms. The molecule has 0 aliphatic carbocycles. The van der Waals surface area contributed by atoms with Crippen LogP contribution < -0.4 is 4.90 Å². The number of carbonyl (C=O) groups excluding carboxylic acids is 1. The van der Waals surface area contributed by atoms with Crippen LogP contribution in [0.15, 0.2) is 54.6 Å². The molecule has 0 saturated carbocycles. The van der Waals surface area contributed by atoms with Crippen LogP contribution in [0.1, 0.15) is 37.7 Å². The molecule has 0 unspecified atom stereocenters. The van der Waals surface area contributed by atoms with Crippen LogP contribution in [0.2, 0.25) is 0 Å². The molecule has 1 atom stereocenters. The van der Waals surface area contributed by atoms with Crippen LogP contribution in [-0.2, 0) is 4.79 Å². The Labute approximate surface area is 120 Å². The zero-order chi connectivity index (χ0) is 13.9. The largest absolute Gasteiger partial charge is 0.280 e. The average Bonchev–Trinajstić information content (AvgIpc) is 2.78. The van der Waals surface area contributed by atoms with Crippen molar-refractivity contribution in [1.82, 2.24) is 0 Å². The number of anilines is 2. The maximum absolute atomic E-state index is 12.8. The molecule has 0 spiro atoms. The summed E-state index contributed by atoms with van der Waals surface area (Å²) in [5, 5.41) is 0. The van der Waals surface area contributed by atoms with E-state index in [1.807, 2.05) is 53.4 Å². The Kier molecular flexibility index (Phi) is 3.55. The van der Waals surface area contributed by atoms with Gasteiger partial charge in [0.2, 0.25) is 5.91 Å². The highest BCUT2D eigenvalue weighted by Gasteiger charge is 2.37. The fourth-order valence-corrected chi connectivity index (χ4v) is 2.92. The summed E-state index contributed by atoms with van der Waals surface area (Å²) in [7, 11) is 0. The quantitative estimate of drug-likeness (QED) is 0.788. The van der Waals surface area contributed by atoms with Gasteiger partial charge in [-0.2, -0.15) is 0 Å². The van der Waals surface area contributed by atoms with Gasteiger partial charge >= 0.3 is 0 Å². The number of unbranched alkanes of at least 4 members (excludes halogenated alkanes) is 1. The maximum Gasteiger partial charge on any atom is 0.239 e. The molecule has 2 nitrogen and oxygen atoms in total. The number of rotatable bonds is 4. The van der Waals surface area contributed by atoms with Crippen LogP contribution in [0.4, 0.5) is 11.4 Å². The van der Waals surface area contributed by atoms with Gasteiger partial charge in [0.1, 0.15) is 0 Å². The minimum atomic E-state index is 0.0198. The summed E-state index contributed by atoms with van der Waals surface area (Å²) in [5.74, 6) is 0.234. The molecule has 3 rings (SSSR count). The number of hydrogen-bond donors (Lipinski definition) is 0. The van der Waals surface area contributed by atoms with Crippen molar-refractivity contribution in [1.29, 1.82) is 0 Å². The van der Waals surface area contributed by atoms with E-state index in [9.17, 15) is 4.79 Å². The summed E-state index contributed by atoms with van der Waals surface area (Å²) < 4.78 is 0. The van der Waals surface area contributed by atoms with E-state index < -0.39 is 0 Å². The first-order valence-corrected chi connectivity index (χ1v) is 7.31. The van der Waals surface area contributed by atoms with Crippen LogP contribution in [0, 0.1) is 0 Å². The molecule has 1 amide bonds. The monoisotopic (exact) mass is 265 g/mol. The van der Waals surface area contributed by atoms with E-state index in [1.54, 1.807) is 0 Å². The Morgan fingerprint density at radius 3 is 2.45 bits per heavy atom. The lowest BCUT2D eigenvalue weighted by Crippen LogP contribution is -2.23. The van der Waals surface area contributed by atoms with E-state index >= 15 is 0 Å². The Balaban J connectivity index is 2.02. The third-order valence-electron chi connectivity index (χ3n) is 3.93. The lowest BCUT2D eigenvalue weighted by Gasteiger charge is -2.18. The summed E-state index contributed by atoms with van der Waals surface area (Å²) >= 11 is 0. The Bertz CT molecular complexity index is 606. The van der Waals surface area contributed by atoms with Crippen LogP contribution >= 0.6 is 0 Å². The van der Waals surface area contributed by atoms with Gasteiger partial charge in [0.25, 0.3) is 0 Å². The summed E-state index contributed by atoms with van der Waals surface area (Å²) in [6.45, 7) is 2.17. The standard InChI is InChI=1S/C18H19NO/c1-2-3-11-16-15-12-7-8-13-17(15)19(18(16)20)14-9-5-4-6-10-14/h4-10,12-13,16H,2-3,11H2,1H3/t16-/m1/s1. The molecule has 2 aromatic carbocycles. The number of benzene rings is 2. The van der Waals surface area contributed by atoms with Gasteiger partial charge in [-0.25, -0.2) is 0 Å². The third-order valence-corrected chi connectivity index (χ3v) is 3.93. The second-order valence-electron chi connectivity index (χ2n) is 5.26.